The summed E-state index contributed by atoms with van der Waals surface area (Å²) in [6.07, 6.45) is 1.79. The molecule has 0 aliphatic carbocycles. The number of hydrogen-bond donors (Lipinski definition) is 1. The van der Waals surface area contributed by atoms with Gasteiger partial charge in [-0.2, -0.15) is 5.26 Å². The number of aromatic amines is 1. The van der Waals surface area contributed by atoms with Crippen molar-refractivity contribution in [2.75, 3.05) is 20.3 Å². The van der Waals surface area contributed by atoms with Crippen LogP contribution in [0.2, 0.25) is 0 Å². The van der Waals surface area contributed by atoms with Gasteiger partial charge in [0.2, 0.25) is 0 Å². The number of rotatable bonds is 7. The van der Waals surface area contributed by atoms with Crippen LogP contribution in [-0.4, -0.2) is 30.3 Å². The summed E-state index contributed by atoms with van der Waals surface area (Å²) >= 11 is 2.21. The van der Waals surface area contributed by atoms with E-state index in [1.165, 1.54) is 0 Å². The van der Waals surface area contributed by atoms with Crippen LogP contribution in [0.5, 0.6) is 17.2 Å². The lowest BCUT2D eigenvalue weighted by Gasteiger charge is -2.13. The zero-order valence-corrected chi connectivity index (χ0v) is 18.0. The molecule has 3 rings (SSSR count). The standard InChI is InChI=1S/C21H20IN3O3/c1-4-27-19-10-13(9-16(22)20(19)28-5-2)8-14(12-23)21-24-17-7-6-15(26-3)11-18(17)25-21/h6-11H,4-5H2,1-3H3,(H,24,25)/b14-8-. The van der Waals surface area contributed by atoms with Crippen molar-refractivity contribution in [3.05, 3.63) is 45.3 Å². The second kappa shape index (κ2) is 8.97. The molecule has 1 N–H and O–H groups in total. The van der Waals surface area contributed by atoms with Crippen molar-refractivity contribution in [2.24, 2.45) is 0 Å². The predicted octanol–water partition coefficient (Wildman–Crippen LogP) is 5.04. The maximum atomic E-state index is 9.69. The lowest BCUT2D eigenvalue weighted by atomic mass is 10.1. The number of nitrogens with zero attached hydrogens (tertiary/aromatic N) is 2. The molecule has 1 heterocycles. The summed E-state index contributed by atoms with van der Waals surface area (Å²) in [6.45, 7) is 4.94. The molecular formula is C21H20IN3O3. The fourth-order valence-corrected chi connectivity index (χ4v) is 3.56. The van der Waals surface area contributed by atoms with E-state index in [0.29, 0.717) is 30.4 Å². The molecule has 1 aromatic heterocycles. The van der Waals surface area contributed by atoms with Crippen molar-refractivity contribution in [3.63, 3.8) is 0 Å². The Kier molecular flexibility index (Phi) is 6.41. The molecule has 0 saturated carbocycles. The number of imidazole rings is 1. The highest BCUT2D eigenvalue weighted by atomic mass is 127. The van der Waals surface area contributed by atoms with Crippen molar-refractivity contribution in [3.8, 4) is 23.3 Å². The Labute approximate surface area is 177 Å². The quantitative estimate of drug-likeness (QED) is 0.372. The highest BCUT2D eigenvalue weighted by Gasteiger charge is 2.13. The Hall–Kier alpha value is -2.73. The van der Waals surface area contributed by atoms with Gasteiger partial charge in [-0.25, -0.2) is 4.98 Å². The topological polar surface area (TPSA) is 80.2 Å². The second-order valence-electron chi connectivity index (χ2n) is 5.83. The van der Waals surface area contributed by atoms with E-state index < -0.39 is 0 Å². The average molecular weight is 489 g/mol. The van der Waals surface area contributed by atoms with Crippen LogP contribution in [0.25, 0.3) is 22.7 Å². The van der Waals surface area contributed by atoms with Crippen LogP contribution < -0.4 is 14.2 Å². The van der Waals surface area contributed by atoms with Gasteiger partial charge in [0.05, 0.1) is 40.5 Å². The zero-order valence-electron chi connectivity index (χ0n) is 15.9. The minimum absolute atomic E-state index is 0.428. The monoisotopic (exact) mass is 489 g/mol. The smallest absolute Gasteiger partial charge is 0.174 e. The van der Waals surface area contributed by atoms with Crippen molar-refractivity contribution in [1.29, 1.82) is 5.26 Å². The molecule has 0 unspecified atom stereocenters. The summed E-state index contributed by atoms with van der Waals surface area (Å²) in [5.74, 6) is 2.62. The number of nitriles is 1. The number of halogens is 1. The molecule has 3 aromatic rings. The summed E-state index contributed by atoms with van der Waals surface area (Å²) in [5.41, 5.74) is 2.85. The van der Waals surface area contributed by atoms with E-state index in [-0.39, 0.29) is 0 Å². The van der Waals surface area contributed by atoms with Gasteiger partial charge in [-0.3, -0.25) is 0 Å². The molecule has 144 valence electrons. The molecule has 0 aliphatic rings. The number of nitrogens with one attached hydrogen (secondary N) is 1. The predicted molar refractivity (Wildman–Crippen MR) is 118 cm³/mol. The fraction of sp³-hybridized carbons (Fsp3) is 0.238. The van der Waals surface area contributed by atoms with Crippen LogP contribution in [-0.2, 0) is 0 Å². The van der Waals surface area contributed by atoms with Crippen LogP contribution in [0.15, 0.2) is 30.3 Å². The third-order valence-corrected chi connectivity index (χ3v) is 4.80. The van der Waals surface area contributed by atoms with Crippen molar-refractivity contribution in [2.45, 2.75) is 13.8 Å². The number of allylic oxidation sites excluding steroid dienone is 1. The van der Waals surface area contributed by atoms with E-state index in [4.69, 9.17) is 14.2 Å². The maximum absolute atomic E-state index is 9.69. The first-order valence-electron chi connectivity index (χ1n) is 8.84. The number of fused-ring (bicyclic) bond motifs is 1. The molecule has 0 fully saturated rings. The van der Waals surface area contributed by atoms with E-state index in [9.17, 15) is 5.26 Å². The summed E-state index contributed by atoms with van der Waals surface area (Å²) in [6, 6.07) is 11.6. The Morgan fingerprint density at radius 2 is 2.00 bits per heavy atom. The minimum Gasteiger partial charge on any atom is -0.497 e. The van der Waals surface area contributed by atoms with Crippen LogP contribution in [0.3, 0.4) is 0 Å². The molecule has 0 atom stereocenters. The van der Waals surface area contributed by atoms with Crippen molar-refractivity contribution >= 4 is 45.3 Å². The van der Waals surface area contributed by atoms with Crippen molar-refractivity contribution in [1.82, 2.24) is 9.97 Å². The van der Waals surface area contributed by atoms with Crippen LogP contribution >= 0.6 is 22.6 Å². The van der Waals surface area contributed by atoms with E-state index in [1.54, 1.807) is 13.2 Å². The molecule has 2 aromatic carbocycles. The Morgan fingerprint density at radius 3 is 2.68 bits per heavy atom. The van der Waals surface area contributed by atoms with E-state index in [0.717, 1.165) is 31.7 Å². The molecule has 0 spiro atoms. The minimum atomic E-state index is 0.428. The molecule has 0 amide bonds. The van der Waals surface area contributed by atoms with Gasteiger partial charge in [0.1, 0.15) is 17.6 Å². The van der Waals surface area contributed by atoms with Gasteiger partial charge < -0.3 is 19.2 Å². The summed E-state index contributed by atoms with van der Waals surface area (Å²) in [4.78, 5) is 7.71. The number of hydrogen-bond acceptors (Lipinski definition) is 5. The maximum Gasteiger partial charge on any atom is 0.174 e. The Balaban J connectivity index is 2.04. The normalized spacial score (nSPS) is 11.3. The third kappa shape index (κ3) is 4.22. The highest BCUT2D eigenvalue weighted by molar-refractivity contribution is 14.1. The van der Waals surface area contributed by atoms with Crippen LogP contribution in [0.4, 0.5) is 0 Å². The number of ether oxygens (including phenoxy) is 3. The van der Waals surface area contributed by atoms with Gasteiger partial charge in [0.25, 0.3) is 0 Å². The summed E-state index contributed by atoms with van der Waals surface area (Å²) in [7, 11) is 1.61. The first kappa shape index (κ1) is 20.0. The molecule has 0 aliphatic heterocycles. The first-order valence-corrected chi connectivity index (χ1v) is 9.92. The van der Waals surface area contributed by atoms with Gasteiger partial charge in [-0.05, 0) is 72.3 Å². The van der Waals surface area contributed by atoms with Gasteiger partial charge in [0.15, 0.2) is 11.5 Å². The Bertz CT molecular complexity index is 1070. The number of benzene rings is 2. The number of aromatic nitrogens is 2. The lowest BCUT2D eigenvalue weighted by molar-refractivity contribution is 0.286. The number of H-pyrrole nitrogens is 1. The fourth-order valence-electron chi connectivity index (χ4n) is 2.78. The summed E-state index contributed by atoms with van der Waals surface area (Å²) < 4.78 is 17.6. The molecule has 0 saturated heterocycles. The van der Waals surface area contributed by atoms with Gasteiger partial charge in [-0.1, -0.05) is 0 Å². The van der Waals surface area contributed by atoms with Gasteiger partial charge >= 0.3 is 0 Å². The average Bonchev–Trinajstić information content (AvgIpc) is 3.11. The summed E-state index contributed by atoms with van der Waals surface area (Å²) in [5, 5.41) is 9.69. The van der Waals surface area contributed by atoms with Crippen LogP contribution in [0.1, 0.15) is 25.2 Å². The second-order valence-corrected chi connectivity index (χ2v) is 7.00. The zero-order chi connectivity index (χ0) is 20.1. The highest BCUT2D eigenvalue weighted by Crippen LogP contribution is 2.35. The molecule has 0 bridgehead atoms. The largest absolute Gasteiger partial charge is 0.497 e. The SMILES string of the molecule is CCOc1cc(/C=C(/C#N)c2nc3ccc(OC)cc3[nH]2)cc(I)c1OCC. The number of methoxy groups -OCH3 is 1. The van der Waals surface area contributed by atoms with Gasteiger partial charge in [-0.15, -0.1) is 0 Å². The molecule has 0 radical (unpaired) electrons. The van der Waals surface area contributed by atoms with E-state index >= 15 is 0 Å². The van der Waals surface area contributed by atoms with E-state index in [1.807, 2.05) is 44.2 Å². The molecule has 6 nitrogen and oxygen atoms in total. The van der Waals surface area contributed by atoms with Gasteiger partial charge in [0, 0.05) is 6.07 Å². The van der Waals surface area contributed by atoms with Crippen molar-refractivity contribution < 1.29 is 14.2 Å². The molecule has 7 heteroatoms. The first-order chi connectivity index (χ1) is 13.6. The molecular weight excluding hydrogens is 469 g/mol. The van der Waals surface area contributed by atoms with E-state index in [2.05, 4.69) is 38.6 Å². The third-order valence-electron chi connectivity index (χ3n) is 4.00. The molecule has 28 heavy (non-hydrogen) atoms. The Morgan fingerprint density at radius 1 is 1.21 bits per heavy atom. The lowest BCUT2D eigenvalue weighted by Crippen LogP contribution is -2.01. The van der Waals surface area contributed by atoms with Crippen LogP contribution in [0, 0.1) is 14.9 Å².